The van der Waals surface area contributed by atoms with Crippen molar-refractivity contribution in [3.63, 3.8) is 0 Å². The Morgan fingerprint density at radius 3 is 2.33 bits per heavy atom. The Hall–Kier alpha value is -2.78. The number of alkyl halides is 2. The molecule has 6 nitrogen and oxygen atoms in total. The summed E-state index contributed by atoms with van der Waals surface area (Å²) in [5, 5.41) is 6.60. The molecule has 0 saturated carbocycles. The van der Waals surface area contributed by atoms with Crippen molar-refractivity contribution in [2.24, 2.45) is 0 Å². The minimum atomic E-state index is -2.85. The second-order valence-corrected chi connectivity index (χ2v) is 7.25. The molecule has 0 aromatic heterocycles. The van der Waals surface area contributed by atoms with Crippen LogP contribution in [0.3, 0.4) is 0 Å². The number of rotatable bonds is 7. The van der Waals surface area contributed by atoms with Gasteiger partial charge in [-0.3, -0.25) is 9.69 Å². The number of piperazine rings is 1. The normalized spacial score (nSPS) is 14.4. The van der Waals surface area contributed by atoms with E-state index in [1.807, 2.05) is 35.2 Å². The molecular weight excluding hydrogens is 410 g/mol. The van der Waals surface area contributed by atoms with E-state index in [4.69, 9.17) is 12.2 Å². The molecule has 1 amide bonds. The lowest BCUT2D eigenvalue weighted by atomic mass is 10.2. The molecule has 1 heterocycles. The maximum atomic E-state index is 12.2. The molecule has 9 heteroatoms. The monoisotopic (exact) mass is 434 g/mol. The predicted molar refractivity (Wildman–Crippen MR) is 116 cm³/mol. The van der Waals surface area contributed by atoms with Crippen LogP contribution in [0, 0.1) is 0 Å². The SMILES string of the molecule is O=C(CN1CCN(C(=S)Nc2ccc(OC(F)F)cc2)CC1)NCc1ccccc1. The number of benzene rings is 2. The molecule has 2 N–H and O–H groups in total. The molecule has 160 valence electrons. The molecule has 1 aliphatic heterocycles. The summed E-state index contributed by atoms with van der Waals surface area (Å²) in [7, 11) is 0. The summed E-state index contributed by atoms with van der Waals surface area (Å²) in [6.07, 6.45) is 0. The third-order valence-corrected chi connectivity index (χ3v) is 5.05. The quantitative estimate of drug-likeness (QED) is 0.654. The van der Waals surface area contributed by atoms with Crippen LogP contribution >= 0.6 is 12.2 Å². The molecule has 2 aromatic carbocycles. The summed E-state index contributed by atoms with van der Waals surface area (Å²) in [5.41, 5.74) is 1.77. The second kappa shape index (κ2) is 10.8. The number of nitrogens with one attached hydrogen (secondary N) is 2. The lowest BCUT2D eigenvalue weighted by molar-refractivity contribution is -0.122. The molecule has 30 heavy (non-hydrogen) atoms. The Balaban J connectivity index is 1.38. The molecule has 1 aliphatic rings. The number of anilines is 1. The van der Waals surface area contributed by atoms with Crippen molar-refractivity contribution in [1.29, 1.82) is 0 Å². The average molecular weight is 435 g/mol. The molecule has 2 aromatic rings. The summed E-state index contributed by atoms with van der Waals surface area (Å²) < 4.78 is 28.8. The van der Waals surface area contributed by atoms with E-state index in [9.17, 15) is 13.6 Å². The molecule has 0 radical (unpaired) electrons. The van der Waals surface area contributed by atoms with Gasteiger partial charge in [0, 0.05) is 38.4 Å². The van der Waals surface area contributed by atoms with Crippen LogP contribution in [0.15, 0.2) is 54.6 Å². The predicted octanol–water partition coefficient (Wildman–Crippen LogP) is 2.92. The van der Waals surface area contributed by atoms with Crippen molar-refractivity contribution < 1.29 is 18.3 Å². The van der Waals surface area contributed by atoms with Crippen LogP contribution in [0.5, 0.6) is 5.75 Å². The highest BCUT2D eigenvalue weighted by Gasteiger charge is 2.20. The Morgan fingerprint density at radius 2 is 1.70 bits per heavy atom. The van der Waals surface area contributed by atoms with Crippen LogP contribution in [0.25, 0.3) is 0 Å². The number of carbonyl (C=O) groups excluding carboxylic acids is 1. The summed E-state index contributed by atoms with van der Waals surface area (Å²) in [6.45, 7) is 0.876. The topological polar surface area (TPSA) is 56.8 Å². The lowest BCUT2D eigenvalue weighted by Gasteiger charge is -2.35. The number of carbonyl (C=O) groups is 1. The fourth-order valence-corrected chi connectivity index (χ4v) is 3.39. The zero-order valence-electron chi connectivity index (χ0n) is 16.4. The third kappa shape index (κ3) is 6.93. The molecule has 0 spiro atoms. The molecule has 1 fully saturated rings. The van der Waals surface area contributed by atoms with Gasteiger partial charge >= 0.3 is 6.61 Å². The van der Waals surface area contributed by atoms with Gasteiger partial charge in [-0.05, 0) is 42.0 Å². The molecule has 0 unspecified atom stereocenters. The first-order valence-corrected chi connectivity index (χ1v) is 10.0. The fraction of sp³-hybridized carbons (Fsp3) is 0.333. The highest BCUT2D eigenvalue weighted by Crippen LogP contribution is 2.18. The van der Waals surface area contributed by atoms with Gasteiger partial charge in [0.1, 0.15) is 5.75 Å². The standard InChI is InChI=1S/C21H24F2N4O2S/c22-20(23)29-18-8-6-17(7-9-18)25-21(30)27-12-10-26(11-13-27)15-19(28)24-14-16-4-2-1-3-5-16/h1-9,20H,10-15H2,(H,24,28)(H,25,30). The van der Waals surface area contributed by atoms with E-state index in [2.05, 4.69) is 20.3 Å². The smallest absolute Gasteiger partial charge is 0.387 e. The average Bonchev–Trinajstić information content (AvgIpc) is 2.74. The number of amides is 1. The van der Waals surface area contributed by atoms with Crippen LogP contribution in [0.2, 0.25) is 0 Å². The Labute approximate surface area is 179 Å². The number of thiocarbonyl (C=S) groups is 1. The van der Waals surface area contributed by atoms with Crippen LogP contribution in [-0.4, -0.2) is 60.2 Å². The minimum absolute atomic E-state index is 0.000823. The lowest BCUT2D eigenvalue weighted by Crippen LogP contribution is -2.52. The zero-order valence-corrected chi connectivity index (χ0v) is 17.2. The first-order chi connectivity index (χ1) is 14.5. The number of ether oxygens (including phenoxy) is 1. The van der Waals surface area contributed by atoms with Crippen molar-refractivity contribution >= 4 is 28.9 Å². The van der Waals surface area contributed by atoms with Gasteiger partial charge in [0.25, 0.3) is 0 Å². The Morgan fingerprint density at radius 1 is 1.03 bits per heavy atom. The van der Waals surface area contributed by atoms with Gasteiger partial charge in [-0.1, -0.05) is 30.3 Å². The summed E-state index contributed by atoms with van der Waals surface area (Å²) >= 11 is 5.45. The molecule has 0 atom stereocenters. The highest BCUT2D eigenvalue weighted by molar-refractivity contribution is 7.80. The van der Waals surface area contributed by atoms with Gasteiger partial charge in [-0.15, -0.1) is 0 Å². The summed E-state index contributed by atoms with van der Waals surface area (Å²) in [5.74, 6) is 0.0970. The molecular formula is C21H24F2N4O2S. The van der Waals surface area contributed by atoms with Gasteiger partial charge in [0.15, 0.2) is 5.11 Å². The Bertz CT molecular complexity index is 829. The van der Waals surface area contributed by atoms with E-state index in [0.29, 0.717) is 37.0 Å². The highest BCUT2D eigenvalue weighted by atomic mass is 32.1. The van der Waals surface area contributed by atoms with Crippen LogP contribution < -0.4 is 15.4 Å². The maximum absolute atomic E-state index is 12.2. The van der Waals surface area contributed by atoms with Crippen LogP contribution in [-0.2, 0) is 11.3 Å². The number of hydrogen-bond acceptors (Lipinski definition) is 4. The number of hydrogen-bond donors (Lipinski definition) is 2. The third-order valence-electron chi connectivity index (χ3n) is 4.69. The van der Waals surface area contributed by atoms with Gasteiger partial charge in [-0.2, -0.15) is 8.78 Å². The second-order valence-electron chi connectivity index (χ2n) is 6.86. The van der Waals surface area contributed by atoms with Crippen molar-refractivity contribution in [1.82, 2.24) is 15.1 Å². The Kier molecular flexibility index (Phi) is 7.92. The first-order valence-electron chi connectivity index (χ1n) is 9.63. The van der Waals surface area contributed by atoms with Crippen LogP contribution in [0.4, 0.5) is 14.5 Å². The maximum Gasteiger partial charge on any atom is 0.387 e. The van der Waals surface area contributed by atoms with E-state index in [1.165, 1.54) is 12.1 Å². The van der Waals surface area contributed by atoms with Crippen molar-refractivity contribution in [2.75, 3.05) is 38.0 Å². The zero-order chi connectivity index (χ0) is 21.3. The fourth-order valence-electron chi connectivity index (χ4n) is 3.09. The molecule has 0 aliphatic carbocycles. The van der Waals surface area contributed by atoms with E-state index >= 15 is 0 Å². The van der Waals surface area contributed by atoms with Crippen LogP contribution in [0.1, 0.15) is 5.56 Å². The van der Waals surface area contributed by atoms with E-state index in [0.717, 1.165) is 18.7 Å². The van der Waals surface area contributed by atoms with Crippen molar-refractivity contribution in [3.8, 4) is 5.75 Å². The van der Waals surface area contributed by atoms with Gasteiger partial charge < -0.3 is 20.3 Å². The van der Waals surface area contributed by atoms with Crippen molar-refractivity contribution in [2.45, 2.75) is 13.2 Å². The first kappa shape index (κ1) is 21.9. The van der Waals surface area contributed by atoms with E-state index in [-0.39, 0.29) is 11.7 Å². The van der Waals surface area contributed by atoms with Gasteiger partial charge in [-0.25, -0.2) is 0 Å². The largest absolute Gasteiger partial charge is 0.435 e. The minimum Gasteiger partial charge on any atom is -0.435 e. The van der Waals surface area contributed by atoms with Gasteiger partial charge in [0.05, 0.1) is 6.54 Å². The molecule has 3 rings (SSSR count). The summed E-state index contributed by atoms with van der Waals surface area (Å²) in [6, 6.07) is 16.0. The number of nitrogens with zero attached hydrogens (tertiary/aromatic N) is 2. The summed E-state index contributed by atoms with van der Waals surface area (Å²) in [4.78, 5) is 16.3. The van der Waals surface area contributed by atoms with Crippen molar-refractivity contribution in [3.05, 3.63) is 60.2 Å². The van der Waals surface area contributed by atoms with E-state index < -0.39 is 6.61 Å². The van der Waals surface area contributed by atoms with E-state index in [1.54, 1.807) is 12.1 Å². The molecule has 0 bridgehead atoms. The van der Waals surface area contributed by atoms with Gasteiger partial charge in [0.2, 0.25) is 5.91 Å². The molecule has 1 saturated heterocycles. The number of halogens is 2.